The minimum absolute atomic E-state index is 0.0215. The monoisotopic (exact) mass is 304 g/mol. The molecule has 0 unspecified atom stereocenters. The molecule has 0 bridgehead atoms. The summed E-state index contributed by atoms with van der Waals surface area (Å²) in [5, 5.41) is 15.5. The van der Waals surface area contributed by atoms with Crippen molar-refractivity contribution in [3.63, 3.8) is 0 Å². The number of carbonyl (C=O) groups excluding carboxylic acids is 1. The van der Waals surface area contributed by atoms with Gasteiger partial charge in [0.2, 0.25) is 0 Å². The van der Waals surface area contributed by atoms with Gasteiger partial charge in [-0.1, -0.05) is 12.1 Å². The zero-order chi connectivity index (χ0) is 15.2. The predicted octanol–water partition coefficient (Wildman–Crippen LogP) is 3.04. The molecule has 5 nitrogen and oxygen atoms in total. The first kappa shape index (κ1) is 15.1. The molecule has 0 atom stereocenters. The van der Waals surface area contributed by atoms with E-state index in [0.717, 1.165) is 5.56 Å². The van der Waals surface area contributed by atoms with Gasteiger partial charge in [-0.2, -0.15) is 11.3 Å². The summed E-state index contributed by atoms with van der Waals surface area (Å²) in [6.07, 6.45) is -0.0215. The highest BCUT2D eigenvalue weighted by Gasteiger charge is 2.09. The average molecular weight is 304 g/mol. The number of hydrogen-bond acceptors (Lipinski definition) is 3. The average Bonchev–Trinajstić information content (AvgIpc) is 2.93. The fourth-order valence-electron chi connectivity index (χ4n) is 1.83. The maximum atomic E-state index is 12.0. The molecule has 2 amide bonds. The Morgan fingerprint density at radius 1 is 1.19 bits per heavy atom. The van der Waals surface area contributed by atoms with Crippen molar-refractivity contribution in [2.45, 2.75) is 13.0 Å². The summed E-state index contributed by atoms with van der Waals surface area (Å²) in [5.41, 5.74) is 2.44. The van der Waals surface area contributed by atoms with Crippen LogP contribution < -0.4 is 5.32 Å². The van der Waals surface area contributed by atoms with Crippen LogP contribution in [0.15, 0.2) is 41.1 Å². The number of urea groups is 1. The number of benzene rings is 1. The van der Waals surface area contributed by atoms with Crippen LogP contribution in [0.4, 0.5) is 10.5 Å². The van der Waals surface area contributed by atoms with E-state index in [9.17, 15) is 9.59 Å². The topological polar surface area (TPSA) is 69.6 Å². The number of rotatable bonds is 5. The van der Waals surface area contributed by atoms with Crippen molar-refractivity contribution < 1.29 is 14.7 Å². The van der Waals surface area contributed by atoms with E-state index in [1.165, 1.54) is 0 Å². The molecule has 0 fully saturated rings. The van der Waals surface area contributed by atoms with E-state index in [4.69, 9.17) is 5.11 Å². The number of carbonyl (C=O) groups is 2. The summed E-state index contributed by atoms with van der Waals surface area (Å²) in [6, 6.07) is 8.58. The Labute approximate surface area is 126 Å². The van der Waals surface area contributed by atoms with Crippen molar-refractivity contribution >= 4 is 29.0 Å². The SMILES string of the molecule is CN(Cc1ccsc1)C(=O)Nc1ccc(CC(=O)O)cc1. The minimum atomic E-state index is -0.873. The lowest BCUT2D eigenvalue weighted by Gasteiger charge is -2.17. The lowest BCUT2D eigenvalue weighted by molar-refractivity contribution is -0.136. The maximum absolute atomic E-state index is 12.0. The summed E-state index contributed by atoms with van der Waals surface area (Å²) in [6.45, 7) is 0.548. The van der Waals surface area contributed by atoms with E-state index in [1.54, 1.807) is 47.5 Å². The number of nitrogens with zero attached hydrogens (tertiary/aromatic N) is 1. The highest BCUT2D eigenvalue weighted by molar-refractivity contribution is 7.07. The Morgan fingerprint density at radius 2 is 1.90 bits per heavy atom. The standard InChI is InChI=1S/C15H16N2O3S/c1-17(9-12-6-7-21-10-12)15(20)16-13-4-2-11(3-5-13)8-14(18)19/h2-7,10H,8-9H2,1H3,(H,16,20)(H,18,19). The third kappa shape index (κ3) is 4.61. The predicted molar refractivity (Wildman–Crippen MR) is 82.6 cm³/mol. The molecule has 21 heavy (non-hydrogen) atoms. The largest absolute Gasteiger partial charge is 0.481 e. The Hall–Kier alpha value is -2.34. The Morgan fingerprint density at radius 3 is 2.48 bits per heavy atom. The van der Waals surface area contributed by atoms with Crippen molar-refractivity contribution in [3.8, 4) is 0 Å². The van der Waals surface area contributed by atoms with Gasteiger partial charge in [-0.3, -0.25) is 4.79 Å². The van der Waals surface area contributed by atoms with E-state index >= 15 is 0 Å². The van der Waals surface area contributed by atoms with E-state index in [1.807, 2.05) is 16.8 Å². The van der Waals surface area contributed by atoms with E-state index in [-0.39, 0.29) is 12.5 Å². The molecule has 0 saturated carbocycles. The third-order valence-corrected chi connectivity index (χ3v) is 3.64. The molecule has 0 aliphatic heterocycles. The lowest BCUT2D eigenvalue weighted by Crippen LogP contribution is -2.30. The number of carboxylic acids is 1. The zero-order valence-corrected chi connectivity index (χ0v) is 12.4. The molecule has 2 aromatic rings. The van der Waals surface area contributed by atoms with Crippen LogP contribution in [0.1, 0.15) is 11.1 Å². The van der Waals surface area contributed by atoms with Crippen LogP contribution in [0, 0.1) is 0 Å². The van der Waals surface area contributed by atoms with Gasteiger partial charge in [0.25, 0.3) is 0 Å². The van der Waals surface area contributed by atoms with Gasteiger partial charge in [-0.05, 0) is 40.1 Å². The lowest BCUT2D eigenvalue weighted by atomic mass is 10.1. The van der Waals surface area contributed by atoms with Crippen LogP contribution >= 0.6 is 11.3 Å². The number of nitrogens with one attached hydrogen (secondary N) is 1. The van der Waals surface area contributed by atoms with Crippen molar-refractivity contribution in [3.05, 3.63) is 52.2 Å². The number of carboxylic acid groups (broad SMARTS) is 1. The Bertz CT molecular complexity index is 608. The van der Waals surface area contributed by atoms with Gasteiger partial charge in [0.15, 0.2) is 0 Å². The minimum Gasteiger partial charge on any atom is -0.481 e. The molecule has 2 rings (SSSR count). The van der Waals surface area contributed by atoms with Crippen molar-refractivity contribution in [1.82, 2.24) is 4.90 Å². The maximum Gasteiger partial charge on any atom is 0.321 e. The van der Waals surface area contributed by atoms with Gasteiger partial charge in [-0.15, -0.1) is 0 Å². The van der Waals surface area contributed by atoms with E-state index < -0.39 is 5.97 Å². The molecular formula is C15H16N2O3S. The van der Waals surface area contributed by atoms with E-state index in [0.29, 0.717) is 17.8 Å². The van der Waals surface area contributed by atoms with Crippen molar-refractivity contribution in [1.29, 1.82) is 0 Å². The van der Waals surface area contributed by atoms with E-state index in [2.05, 4.69) is 5.32 Å². The molecular weight excluding hydrogens is 288 g/mol. The zero-order valence-electron chi connectivity index (χ0n) is 11.6. The van der Waals surface area contributed by atoms with Crippen molar-refractivity contribution in [2.75, 3.05) is 12.4 Å². The second-order valence-electron chi connectivity index (χ2n) is 4.69. The first-order valence-corrected chi connectivity index (χ1v) is 7.33. The quantitative estimate of drug-likeness (QED) is 0.892. The molecule has 110 valence electrons. The van der Waals surface area contributed by atoms with Gasteiger partial charge in [0, 0.05) is 19.3 Å². The molecule has 0 saturated heterocycles. The third-order valence-electron chi connectivity index (χ3n) is 2.91. The van der Waals surface area contributed by atoms with Crippen LogP contribution in [0.25, 0.3) is 0 Å². The van der Waals surface area contributed by atoms with Gasteiger partial charge < -0.3 is 15.3 Å². The van der Waals surface area contributed by atoms with Crippen molar-refractivity contribution in [2.24, 2.45) is 0 Å². The summed E-state index contributed by atoms with van der Waals surface area (Å²) in [5.74, 6) is -0.873. The highest BCUT2D eigenvalue weighted by Crippen LogP contribution is 2.12. The van der Waals surface area contributed by atoms with Gasteiger partial charge in [0.1, 0.15) is 0 Å². The molecule has 1 heterocycles. The second kappa shape index (κ2) is 6.90. The summed E-state index contributed by atoms with van der Waals surface area (Å²) in [4.78, 5) is 24.2. The van der Waals surface area contributed by atoms with Crippen LogP contribution in [-0.4, -0.2) is 29.1 Å². The summed E-state index contributed by atoms with van der Waals surface area (Å²) >= 11 is 1.60. The first-order valence-electron chi connectivity index (χ1n) is 6.38. The first-order chi connectivity index (χ1) is 10.0. The molecule has 0 aliphatic carbocycles. The number of hydrogen-bond donors (Lipinski definition) is 2. The van der Waals surface area contributed by atoms with Gasteiger partial charge >= 0.3 is 12.0 Å². The van der Waals surface area contributed by atoms with Crippen LogP contribution in [0.3, 0.4) is 0 Å². The molecule has 0 aliphatic rings. The number of anilines is 1. The highest BCUT2D eigenvalue weighted by atomic mass is 32.1. The Balaban J connectivity index is 1.91. The summed E-state index contributed by atoms with van der Waals surface area (Å²) in [7, 11) is 1.73. The fraction of sp³-hybridized carbons (Fsp3) is 0.200. The van der Waals surface area contributed by atoms with Crippen LogP contribution in [0.5, 0.6) is 0 Å². The normalized spacial score (nSPS) is 10.1. The fourth-order valence-corrected chi connectivity index (χ4v) is 2.49. The molecule has 0 radical (unpaired) electrons. The number of thiophene rings is 1. The molecule has 6 heteroatoms. The second-order valence-corrected chi connectivity index (χ2v) is 5.47. The number of aliphatic carboxylic acids is 1. The van der Waals surface area contributed by atoms with Gasteiger partial charge in [-0.25, -0.2) is 4.79 Å². The molecule has 0 spiro atoms. The van der Waals surface area contributed by atoms with Gasteiger partial charge in [0.05, 0.1) is 6.42 Å². The smallest absolute Gasteiger partial charge is 0.321 e. The molecule has 1 aromatic heterocycles. The summed E-state index contributed by atoms with van der Waals surface area (Å²) < 4.78 is 0. The van der Waals surface area contributed by atoms with Crippen LogP contribution in [-0.2, 0) is 17.8 Å². The molecule has 1 aromatic carbocycles. The molecule has 2 N–H and O–H groups in total. The van der Waals surface area contributed by atoms with Crippen LogP contribution in [0.2, 0.25) is 0 Å². The Kier molecular flexibility index (Phi) is 4.94. The number of amides is 2.